The van der Waals surface area contributed by atoms with Crippen molar-refractivity contribution in [1.82, 2.24) is 0 Å². The standard InChI is InChI=1S/C20H41NO3/c1-2-3-4-5-6-7-8-9-10-11-12-13-14-15-16-24-20(23)17-19(22)18-21/h19,22H,2-18,21H2,1H3. The van der Waals surface area contributed by atoms with Crippen LogP contribution in [0.25, 0.3) is 0 Å². The molecule has 0 radical (unpaired) electrons. The van der Waals surface area contributed by atoms with Crippen LogP contribution in [-0.2, 0) is 9.53 Å². The minimum absolute atomic E-state index is 0.00903. The van der Waals surface area contributed by atoms with Crippen LogP contribution in [0.4, 0.5) is 0 Å². The highest BCUT2D eigenvalue weighted by atomic mass is 16.5. The van der Waals surface area contributed by atoms with Crippen molar-refractivity contribution in [2.75, 3.05) is 13.2 Å². The second kappa shape index (κ2) is 18.7. The maximum atomic E-state index is 11.3. The van der Waals surface area contributed by atoms with Crippen molar-refractivity contribution in [3.8, 4) is 0 Å². The van der Waals surface area contributed by atoms with Crippen LogP contribution in [-0.4, -0.2) is 30.3 Å². The molecule has 0 aliphatic rings. The Bertz CT molecular complexity index is 272. The molecule has 24 heavy (non-hydrogen) atoms. The third kappa shape index (κ3) is 17.7. The molecule has 4 nitrogen and oxygen atoms in total. The van der Waals surface area contributed by atoms with Crippen LogP contribution >= 0.6 is 0 Å². The van der Waals surface area contributed by atoms with Crippen LogP contribution in [0.5, 0.6) is 0 Å². The lowest BCUT2D eigenvalue weighted by Gasteiger charge is -2.08. The molecule has 0 aromatic carbocycles. The molecule has 0 heterocycles. The van der Waals surface area contributed by atoms with Gasteiger partial charge in [0.25, 0.3) is 0 Å². The Kier molecular flexibility index (Phi) is 18.2. The molecule has 0 saturated heterocycles. The number of unbranched alkanes of at least 4 members (excludes halogenated alkanes) is 13. The van der Waals surface area contributed by atoms with Crippen LogP contribution in [0.2, 0.25) is 0 Å². The third-order valence-corrected chi connectivity index (χ3v) is 4.44. The van der Waals surface area contributed by atoms with Crippen LogP contribution in [0.15, 0.2) is 0 Å². The predicted octanol–water partition coefficient (Wildman–Crippen LogP) is 4.72. The van der Waals surface area contributed by atoms with E-state index in [0.29, 0.717) is 6.61 Å². The Morgan fingerprint density at radius 2 is 1.25 bits per heavy atom. The second-order valence-electron chi connectivity index (χ2n) is 6.91. The zero-order chi connectivity index (χ0) is 17.9. The molecular weight excluding hydrogens is 302 g/mol. The summed E-state index contributed by atoms with van der Waals surface area (Å²) < 4.78 is 5.07. The van der Waals surface area contributed by atoms with E-state index in [2.05, 4.69) is 6.92 Å². The first-order chi connectivity index (χ1) is 11.7. The van der Waals surface area contributed by atoms with E-state index in [1.807, 2.05) is 0 Å². The highest BCUT2D eigenvalue weighted by Crippen LogP contribution is 2.13. The largest absolute Gasteiger partial charge is 0.466 e. The molecule has 0 aromatic rings. The van der Waals surface area contributed by atoms with Crippen LogP contribution in [0.1, 0.15) is 103 Å². The summed E-state index contributed by atoms with van der Waals surface area (Å²) in [6.45, 7) is 2.84. The van der Waals surface area contributed by atoms with Gasteiger partial charge in [0.1, 0.15) is 0 Å². The average molecular weight is 344 g/mol. The number of ether oxygens (including phenoxy) is 1. The van der Waals surface area contributed by atoms with Gasteiger partial charge in [-0.1, -0.05) is 90.4 Å². The summed E-state index contributed by atoms with van der Waals surface area (Å²) in [7, 11) is 0. The normalized spacial score (nSPS) is 12.3. The maximum absolute atomic E-state index is 11.3. The molecule has 3 N–H and O–H groups in total. The summed E-state index contributed by atoms with van der Waals surface area (Å²) in [6, 6.07) is 0. The van der Waals surface area contributed by atoms with Crippen molar-refractivity contribution in [3.05, 3.63) is 0 Å². The quantitative estimate of drug-likeness (QED) is 0.279. The summed E-state index contributed by atoms with van der Waals surface area (Å²) >= 11 is 0. The zero-order valence-electron chi connectivity index (χ0n) is 15.9. The van der Waals surface area contributed by atoms with E-state index in [1.165, 1.54) is 77.0 Å². The van der Waals surface area contributed by atoms with Crippen molar-refractivity contribution < 1.29 is 14.6 Å². The fourth-order valence-corrected chi connectivity index (χ4v) is 2.82. The molecule has 0 amide bonds. The molecule has 0 saturated carbocycles. The van der Waals surface area contributed by atoms with Crippen LogP contribution in [0, 0.1) is 0 Å². The van der Waals surface area contributed by atoms with Gasteiger partial charge < -0.3 is 15.6 Å². The summed E-state index contributed by atoms with van der Waals surface area (Å²) in [5.41, 5.74) is 5.25. The second-order valence-corrected chi connectivity index (χ2v) is 6.91. The number of carbonyl (C=O) groups excluding carboxylic acids is 1. The number of aliphatic hydroxyl groups excluding tert-OH is 1. The summed E-state index contributed by atoms with van der Waals surface area (Å²) in [5.74, 6) is -0.345. The first kappa shape index (κ1) is 23.4. The number of nitrogens with two attached hydrogens (primary N) is 1. The van der Waals surface area contributed by atoms with Gasteiger partial charge in [-0.05, 0) is 6.42 Å². The first-order valence-electron chi connectivity index (χ1n) is 10.2. The lowest BCUT2D eigenvalue weighted by atomic mass is 10.0. The van der Waals surface area contributed by atoms with Crippen molar-refractivity contribution in [1.29, 1.82) is 0 Å². The van der Waals surface area contributed by atoms with Crippen molar-refractivity contribution in [2.45, 2.75) is 109 Å². The van der Waals surface area contributed by atoms with Crippen LogP contribution in [0.3, 0.4) is 0 Å². The Labute approximate surface area is 149 Å². The van der Waals surface area contributed by atoms with Gasteiger partial charge >= 0.3 is 5.97 Å². The van der Waals surface area contributed by atoms with Crippen molar-refractivity contribution in [3.63, 3.8) is 0 Å². The molecule has 0 rings (SSSR count). The molecule has 0 spiro atoms. The van der Waals surface area contributed by atoms with Crippen molar-refractivity contribution in [2.24, 2.45) is 5.73 Å². The maximum Gasteiger partial charge on any atom is 0.308 e. The van der Waals surface area contributed by atoms with E-state index in [1.54, 1.807) is 0 Å². The Morgan fingerprint density at radius 1 is 0.833 bits per heavy atom. The number of hydrogen-bond donors (Lipinski definition) is 2. The molecule has 0 fully saturated rings. The van der Waals surface area contributed by atoms with Crippen LogP contribution < -0.4 is 5.73 Å². The van der Waals surface area contributed by atoms with E-state index < -0.39 is 6.10 Å². The van der Waals surface area contributed by atoms with Gasteiger partial charge in [-0.2, -0.15) is 0 Å². The molecule has 1 atom stereocenters. The van der Waals surface area contributed by atoms with E-state index in [9.17, 15) is 9.90 Å². The van der Waals surface area contributed by atoms with Gasteiger partial charge in [0.2, 0.25) is 0 Å². The molecular formula is C20H41NO3. The summed E-state index contributed by atoms with van der Waals surface area (Å²) in [6.07, 6.45) is 17.7. The highest BCUT2D eigenvalue weighted by Gasteiger charge is 2.09. The molecule has 0 bridgehead atoms. The van der Waals surface area contributed by atoms with E-state index >= 15 is 0 Å². The number of esters is 1. The fourth-order valence-electron chi connectivity index (χ4n) is 2.82. The molecule has 0 aliphatic heterocycles. The highest BCUT2D eigenvalue weighted by molar-refractivity contribution is 5.69. The first-order valence-corrected chi connectivity index (χ1v) is 10.2. The Morgan fingerprint density at radius 3 is 1.67 bits per heavy atom. The lowest BCUT2D eigenvalue weighted by Crippen LogP contribution is -2.24. The monoisotopic (exact) mass is 343 g/mol. The summed E-state index contributed by atoms with van der Waals surface area (Å²) in [4.78, 5) is 11.3. The smallest absolute Gasteiger partial charge is 0.308 e. The minimum atomic E-state index is -0.770. The van der Waals surface area contributed by atoms with Gasteiger partial charge in [0, 0.05) is 6.54 Å². The molecule has 144 valence electrons. The Balaban J connectivity index is 3.11. The number of hydrogen-bond acceptors (Lipinski definition) is 4. The van der Waals surface area contributed by atoms with Gasteiger partial charge in [0.05, 0.1) is 19.1 Å². The molecule has 0 aromatic heterocycles. The molecule has 0 aliphatic carbocycles. The fraction of sp³-hybridized carbons (Fsp3) is 0.950. The van der Waals surface area contributed by atoms with Gasteiger partial charge in [-0.25, -0.2) is 0 Å². The molecule has 1 unspecified atom stereocenters. The predicted molar refractivity (Wildman–Crippen MR) is 101 cm³/mol. The van der Waals surface area contributed by atoms with Gasteiger partial charge in [-0.3, -0.25) is 4.79 Å². The van der Waals surface area contributed by atoms with E-state index in [-0.39, 0.29) is 18.9 Å². The number of carbonyl (C=O) groups is 1. The van der Waals surface area contributed by atoms with E-state index in [0.717, 1.165) is 12.8 Å². The van der Waals surface area contributed by atoms with Crippen molar-refractivity contribution >= 4 is 5.97 Å². The molecule has 4 heteroatoms. The van der Waals surface area contributed by atoms with Gasteiger partial charge in [-0.15, -0.1) is 0 Å². The SMILES string of the molecule is CCCCCCCCCCCCCCCCOC(=O)CC(O)CN. The zero-order valence-corrected chi connectivity index (χ0v) is 15.9. The topological polar surface area (TPSA) is 72.5 Å². The lowest BCUT2D eigenvalue weighted by molar-refractivity contribution is -0.145. The number of aliphatic hydroxyl groups is 1. The summed E-state index contributed by atoms with van der Waals surface area (Å²) in [5, 5.41) is 9.23. The average Bonchev–Trinajstić information content (AvgIpc) is 2.58. The van der Waals surface area contributed by atoms with Gasteiger partial charge in [0.15, 0.2) is 0 Å². The minimum Gasteiger partial charge on any atom is -0.466 e. The van der Waals surface area contributed by atoms with E-state index in [4.69, 9.17) is 10.5 Å². The number of rotatable bonds is 18. The Hall–Kier alpha value is -0.610. The third-order valence-electron chi connectivity index (χ3n) is 4.44.